The Bertz CT molecular complexity index is 429. The Balaban J connectivity index is 3.01. The van der Waals surface area contributed by atoms with E-state index in [1.54, 1.807) is 18.0 Å². The van der Waals surface area contributed by atoms with Crippen LogP contribution in [0.2, 0.25) is 0 Å². The van der Waals surface area contributed by atoms with Gasteiger partial charge in [-0.2, -0.15) is 13.2 Å². The van der Waals surface area contributed by atoms with Gasteiger partial charge in [-0.15, -0.1) is 6.58 Å². The molecule has 2 nitrogen and oxygen atoms in total. The van der Waals surface area contributed by atoms with Crippen molar-refractivity contribution in [2.24, 2.45) is 0 Å². The minimum atomic E-state index is -4.42. The smallest absolute Gasteiger partial charge is 0.392 e. The Hall–Kier alpha value is -1.49. The molecule has 0 heterocycles. The molecule has 1 aromatic carbocycles. The van der Waals surface area contributed by atoms with Crippen LogP contribution >= 0.6 is 0 Å². The maximum absolute atomic E-state index is 13.0. The molecule has 0 unspecified atom stereocenters. The SMILES string of the molecule is C=CCCCN(C)c1ccc(CO)cc1C(F)(F)F. The number of hydrogen-bond acceptors (Lipinski definition) is 2. The molecule has 0 amide bonds. The van der Waals surface area contributed by atoms with Gasteiger partial charge in [0.25, 0.3) is 0 Å². The van der Waals surface area contributed by atoms with Crippen molar-refractivity contribution < 1.29 is 18.3 Å². The summed E-state index contributed by atoms with van der Waals surface area (Å²) in [5, 5.41) is 8.94. The highest BCUT2D eigenvalue weighted by atomic mass is 19.4. The number of rotatable bonds is 6. The molecular weight excluding hydrogens is 255 g/mol. The Morgan fingerprint density at radius 2 is 2.05 bits per heavy atom. The Kier molecular flexibility index (Phi) is 5.42. The third kappa shape index (κ3) is 4.28. The number of aliphatic hydroxyl groups excluding tert-OH is 1. The molecule has 0 aliphatic carbocycles. The van der Waals surface area contributed by atoms with Crippen molar-refractivity contribution in [1.29, 1.82) is 0 Å². The predicted molar refractivity (Wildman–Crippen MR) is 70.1 cm³/mol. The van der Waals surface area contributed by atoms with Crippen LogP contribution in [0.4, 0.5) is 18.9 Å². The van der Waals surface area contributed by atoms with Gasteiger partial charge in [0.15, 0.2) is 0 Å². The molecule has 0 bridgehead atoms. The zero-order valence-corrected chi connectivity index (χ0v) is 10.9. The first-order valence-corrected chi connectivity index (χ1v) is 6.03. The van der Waals surface area contributed by atoms with Crippen molar-refractivity contribution in [2.45, 2.75) is 25.6 Å². The van der Waals surface area contributed by atoms with Gasteiger partial charge in [0, 0.05) is 19.3 Å². The maximum atomic E-state index is 13.0. The van der Waals surface area contributed by atoms with Gasteiger partial charge in [0.2, 0.25) is 0 Å². The number of nitrogens with zero attached hydrogens (tertiary/aromatic N) is 1. The van der Waals surface area contributed by atoms with E-state index in [9.17, 15) is 13.2 Å². The second kappa shape index (κ2) is 6.61. The van der Waals surface area contributed by atoms with Crippen molar-refractivity contribution in [3.63, 3.8) is 0 Å². The zero-order valence-electron chi connectivity index (χ0n) is 10.9. The first kappa shape index (κ1) is 15.6. The highest BCUT2D eigenvalue weighted by Crippen LogP contribution is 2.37. The van der Waals surface area contributed by atoms with E-state index in [4.69, 9.17) is 5.11 Å². The number of hydrogen-bond donors (Lipinski definition) is 1. The Morgan fingerprint density at radius 1 is 1.37 bits per heavy atom. The van der Waals surface area contributed by atoms with E-state index >= 15 is 0 Å². The molecule has 0 spiro atoms. The van der Waals surface area contributed by atoms with Crippen molar-refractivity contribution in [1.82, 2.24) is 0 Å². The number of unbranched alkanes of at least 4 members (excludes halogenated alkanes) is 1. The lowest BCUT2D eigenvalue weighted by Gasteiger charge is -2.24. The van der Waals surface area contributed by atoms with Crippen molar-refractivity contribution in [3.8, 4) is 0 Å². The third-order valence-corrected chi connectivity index (χ3v) is 2.86. The summed E-state index contributed by atoms with van der Waals surface area (Å²) in [5.74, 6) is 0. The quantitative estimate of drug-likeness (QED) is 0.632. The fourth-order valence-corrected chi connectivity index (χ4v) is 1.83. The number of halogens is 3. The number of aliphatic hydroxyl groups is 1. The highest BCUT2D eigenvalue weighted by Gasteiger charge is 2.34. The van der Waals surface area contributed by atoms with E-state index in [2.05, 4.69) is 6.58 Å². The monoisotopic (exact) mass is 273 g/mol. The summed E-state index contributed by atoms with van der Waals surface area (Å²) in [4.78, 5) is 1.58. The van der Waals surface area contributed by atoms with Crippen LogP contribution < -0.4 is 4.90 Å². The van der Waals surface area contributed by atoms with Crippen LogP contribution in [0, 0.1) is 0 Å². The fraction of sp³-hybridized carbons (Fsp3) is 0.429. The molecule has 0 atom stereocenters. The molecule has 0 radical (unpaired) electrons. The average molecular weight is 273 g/mol. The lowest BCUT2D eigenvalue weighted by molar-refractivity contribution is -0.137. The van der Waals surface area contributed by atoms with Gasteiger partial charge < -0.3 is 10.0 Å². The van der Waals surface area contributed by atoms with Gasteiger partial charge in [-0.05, 0) is 30.5 Å². The summed E-state index contributed by atoms with van der Waals surface area (Å²) in [6.45, 7) is 3.71. The van der Waals surface area contributed by atoms with Gasteiger partial charge in [0.05, 0.1) is 12.2 Å². The summed E-state index contributed by atoms with van der Waals surface area (Å²) in [5.41, 5.74) is -0.315. The van der Waals surface area contributed by atoms with Crippen LogP contribution in [0.3, 0.4) is 0 Å². The Labute approximate surface area is 111 Å². The molecule has 0 aliphatic heterocycles. The Morgan fingerprint density at radius 3 is 2.58 bits per heavy atom. The maximum Gasteiger partial charge on any atom is 0.418 e. The number of allylic oxidation sites excluding steroid dienone is 1. The van der Waals surface area contributed by atoms with Gasteiger partial charge in [-0.3, -0.25) is 0 Å². The number of anilines is 1. The van der Waals surface area contributed by atoms with Crippen LogP contribution in [-0.2, 0) is 12.8 Å². The van der Waals surface area contributed by atoms with Crippen LogP contribution in [-0.4, -0.2) is 18.7 Å². The van der Waals surface area contributed by atoms with Gasteiger partial charge in [0.1, 0.15) is 0 Å². The molecule has 0 fully saturated rings. The van der Waals surface area contributed by atoms with E-state index in [1.807, 2.05) is 0 Å². The van der Waals surface area contributed by atoms with E-state index in [0.29, 0.717) is 6.54 Å². The molecular formula is C14H18F3NO. The summed E-state index contributed by atoms with van der Waals surface area (Å²) >= 11 is 0. The predicted octanol–water partition coefficient (Wildman–Crippen LogP) is 3.60. The van der Waals surface area contributed by atoms with Crippen molar-refractivity contribution >= 4 is 5.69 Å². The van der Waals surface area contributed by atoms with Crippen LogP contribution in [0.25, 0.3) is 0 Å². The highest BCUT2D eigenvalue weighted by molar-refractivity contribution is 5.55. The summed E-state index contributed by atoms with van der Waals surface area (Å²) in [7, 11) is 1.63. The minimum absolute atomic E-state index is 0.133. The molecule has 19 heavy (non-hydrogen) atoms. The van der Waals surface area contributed by atoms with Crippen LogP contribution in [0.5, 0.6) is 0 Å². The second-order valence-electron chi connectivity index (χ2n) is 4.36. The van der Waals surface area contributed by atoms with E-state index < -0.39 is 18.3 Å². The van der Waals surface area contributed by atoms with Crippen molar-refractivity contribution in [2.75, 3.05) is 18.5 Å². The standard InChI is InChI=1S/C14H18F3NO/c1-3-4-5-8-18(2)13-7-6-11(10-19)9-12(13)14(15,16)17/h3,6-7,9,19H,1,4-5,8,10H2,2H3. The first-order valence-electron chi connectivity index (χ1n) is 6.03. The molecule has 0 saturated carbocycles. The average Bonchev–Trinajstić information content (AvgIpc) is 2.37. The summed E-state index contributed by atoms with van der Waals surface area (Å²) < 4.78 is 39.0. The minimum Gasteiger partial charge on any atom is -0.392 e. The van der Waals surface area contributed by atoms with Gasteiger partial charge in [-0.1, -0.05) is 12.1 Å². The topological polar surface area (TPSA) is 23.5 Å². The fourth-order valence-electron chi connectivity index (χ4n) is 1.83. The van der Waals surface area contributed by atoms with Gasteiger partial charge in [-0.25, -0.2) is 0 Å². The molecule has 5 heteroatoms. The van der Waals surface area contributed by atoms with Crippen LogP contribution in [0.15, 0.2) is 30.9 Å². The zero-order chi connectivity index (χ0) is 14.5. The van der Waals surface area contributed by atoms with Gasteiger partial charge >= 0.3 is 6.18 Å². The first-order chi connectivity index (χ1) is 8.90. The van der Waals surface area contributed by atoms with E-state index in [-0.39, 0.29) is 11.3 Å². The summed E-state index contributed by atoms with van der Waals surface area (Å²) in [6, 6.07) is 3.91. The molecule has 0 aromatic heterocycles. The normalized spacial score (nSPS) is 11.4. The van der Waals surface area contributed by atoms with Crippen molar-refractivity contribution in [3.05, 3.63) is 42.0 Å². The second-order valence-corrected chi connectivity index (χ2v) is 4.36. The largest absolute Gasteiger partial charge is 0.418 e. The van der Waals surface area contributed by atoms with Crippen LogP contribution in [0.1, 0.15) is 24.0 Å². The third-order valence-electron chi connectivity index (χ3n) is 2.86. The molecule has 0 aliphatic rings. The molecule has 1 aromatic rings. The molecule has 1 N–H and O–H groups in total. The van der Waals surface area contributed by atoms with E-state index in [0.717, 1.165) is 18.9 Å². The molecule has 0 saturated heterocycles. The number of benzene rings is 1. The number of alkyl halides is 3. The lowest BCUT2D eigenvalue weighted by Crippen LogP contribution is -2.22. The molecule has 1 rings (SSSR count). The lowest BCUT2D eigenvalue weighted by atomic mass is 10.1. The van der Waals surface area contributed by atoms with E-state index in [1.165, 1.54) is 12.1 Å². The molecule has 106 valence electrons. The summed E-state index contributed by atoms with van der Waals surface area (Å²) in [6.07, 6.45) is -1.17.